The molecular formula is C6H13NO. The number of carbonyl (C=O) groups is 1. The van der Waals surface area contributed by atoms with Crippen molar-refractivity contribution >= 4 is 5.78 Å². The van der Waals surface area contributed by atoms with Crippen LogP contribution in [-0.4, -0.2) is 31.3 Å². The molecule has 0 aliphatic carbocycles. The molecule has 0 radical (unpaired) electrons. The molecule has 0 aliphatic heterocycles. The van der Waals surface area contributed by atoms with Crippen LogP contribution < -0.4 is 0 Å². The zero-order chi connectivity index (χ0) is 6.57. The summed E-state index contributed by atoms with van der Waals surface area (Å²) in [5.74, 6) is 0.301. The molecule has 0 spiro atoms. The first-order valence-corrected chi connectivity index (χ1v) is 2.83. The highest BCUT2D eigenvalue weighted by Gasteiger charge is 1.96. The minimum atomic E-state index is 0.301. The number of likely N-dealkylation sites (N-methyl/N-ethyl adjacent to an activating group) is 1. The van der Waals surface area contributed by atoms with Crippen LogP contribution in [0.5, 0.6) is 0 Å². The van der Waals surface area contributed by atoms with E-state index < -0.39 is 0 Å². The van der Waals surface area contributed by atoms with Crippen LogP contribution in [0.25, 0.3) is 0 Å². The second kappa shape index (κ2) is 3.61. The zero-order valence-corrected chi connectivity index (χ0v) is 5.77. The Morgan fingerprint density at radius 1 is 1.50 bits per heavy atom. The molecule has 0 aromatic rings. The molecule has 0 N–H and O–H groups in total. The highest BCUT2D eigenvalue weighted by molar-refractivity contribution is 5.79. The molecule has 8 heavy (non-hydrogen) atoms. The largest absolute Gasteiger partial charge is 0.302 e. The van der Waals surface area contributed by atoms with Crippen LogP contribution in [0.4, 0.5) is 0 Å². The Balaban J connectivity index is 3.25. The van der Waals surface area contributed by atoms with E-state index in [0.717, 1.165) is 0 Å². The number of ketones is 1. The van der Waals surface area contributed by atoms with Crippen molar-refractivity contribution in [3.63, 3.8) is 0 Å². The van der Waals surface area contributed by atoms with Crippen molar-refractivity contribution in [3.8, 4) is 0 Å². The molecule has 2 nitrogen and oxygen atoms in total. The van der Waals surface area contributed by atoms with Crippen molar-refractivity contribution < 1.29 is 4.79 Å². The maximum absolute atomic E-state index is 10.6. The summed E-state index contributed by atoms with van der Waals surface area (Å²) in [6, 6.07) is 0. The van der Waals surface area contributed by atoms with Crippen LogP contribution in [0.2, 0.25) is 0 Å². The number of nitrogens with zero attached hydrogens (tertiary/aromatic N) is 1. The number of carbonyl (C=O) groups excluding carboxylic acids is 1. The van der Waals surface area contributed by atoms with Crippen LogP contribution in [0.15, 0.2) is 0 Å². The summed E-state index contributed by atoms with van der Waals surface area (Å²) in [5, 5.41) is 0. The minimum absolute atomic E-state index is 0.301. The van der Waals surface area contributed by atoms with Crippen LogP contribution >= 0.6 is 0 Å². The maximum atomic E-state index is 10.6. The topological polar surface area (TPSA) is 20.3 Å². The summed E-state index contributed by atoms with van der Waals surface area (Å²) in [4.78, 5) is 12.5. The molecule has 0 fully saturated rings. The average Bonchev–Trinajstić information content (AvgIpc) is 1.65. The first kappa shape index (κ1) is 7.63. The Hall–Kier alpha value is -0.370. The summed E-state index contributed by atoms with van der Waals surface area (Å²) in [6.07, 6.45) is 0.651. The van der Waals surface area contributed by atoms with Gasteiger partial charge in [-0.3, -0.25) is 4.79 Å². The second-order valence-electron chi connectivity index (χ2n) is 2.13. The Morgan fingerprint density at radius 3 is 2.12 bits per heavy atom. The van der Waals surface area contributed by atoms with E-state index in [1.807, 2.05) is 25.9 Å². The molecule has 0 saturated heterocycles. The summed E-state index contributed by atoms with van der Waals surface area (Å²) < 4.78 is 0. The van der Waals surface area contributed by atoms with E-state index >= 15 is 0 Å². The van der Waals surface area contributed by atoms with E-state index in [1.54, 1.807) is 0 Å². The van der Waals surface area contributed by atoms with Gasteiger partial charge < -0.3 is 4.90 Å². The molecule has 48 valence electrons. The van der Waals surface area contributed by atoms with Crippen molar-refractivity contribution in [2.45, 2.75) is 13.3 Å². The molecule has 0 amide bonds. The summed E-state index contributed by atoms with van der Waals surface area (Å²) >= 11 is 0. The molecular weight excluding hydrogens is 102 g/mol. The summed E-state index contributed by atoms with van der Waals surface area (Å²) in [6.45, 7) is 2.46. The lowest BCUT2D eigenvalue weighted by Gasteiger charge is -2.05. The van der Waals surface area contributed by atoms with E-state index in [0.29, 0.717) is 18.7 Å². The Bertz CT molecular complexity index is 78.6. The van der Waals surface area contributed by atoms with Gasteiger partial charge in [-0.2, -0.15) is 0 Å². The molecule has 0 atom stereocenters. The molecule has 0 bridgehead atoms. The lowest BCUT2D eigenvalue weighted by atomic mass is 10.3. The molecule has 0 aliphatic rings. The van der Waals surface area contributed by atoms with E-state index in [2.05, 4.69) is 0 Å². The van der Waals surface area contributed by atoms with Gasteiger partial charge in [-0.1, -0.05) is 6.92 Å². The lowest BCUT2D eigenvalue weighted by Crippen LogP contribution is -2.20. The van der Waals surface area contributed by atoms with E-state index in [-0.39, 0.29) is 0 Å². The molecule has 0 aromatic heterocycles. The van der Waals surface area contributed by atoms with Crippen LogP contribution in [0, 0.1) is 0 Å². The standard InChI is InChI=1S/C6H13NO/c1-4-6(8)5-7(2)3/h4-5H2,1-3H3. The normalized spacial score (nSPS) is 10.0. The molecule has 0 aromatic carbocycles. The Labute approximate surface area is 50.5 Å². The van der Waals surface area contributed by atoms with Gasteiger partial charge in [0.1, 0.15) is 5.78 Å². The smallest absolute Gasteiger partial charge is 0.146 e. The summed E-state index contributed by atoms with van der Waals surface area (Å²) in [7, 11) is 3.79. The van der Waals surface area contributed by atoms with Crippen molar-refractivity contribution in [3.05, 3.63) is 0 Å². The van der Waals surface area contributed by atoms with Gasteiger partial charge in [0.2, 0.25) is 0 Å². The predicted octanol–water partition coefficient (Wildman–Crippen LogP) is 0.527. The fraction of sp³-hybridized carbons (Fsp3) is 0.833. The third kappa shape index (κ3) is 3.81. The zero-order valence-electron chi connectivity index (χ0n) is 5.77. The third-order valence-electron chi connectivity index (χ3n) is 0.887. The van der Waals surface area contributed by atoms with Crippen LogP contribution in [-0.2, 0) is 4.79 Å². The van der Waals surface area contributed by atoms with Crippen molar-refractivity contribution in [2.24, 2.45) is 0 Å². The van der Waals surface area contributed by atoms with E-state index in [4.69, 9.17) is 0 Å². The number of hydrogen-bond acceptors (Lipinski definition) is 2. The highest BCUT2D eigenvalue weighted by atomic mass is 16.1. The fourth-order valence-corrected chi connectivity index (χ4v) is 0.465. The quantitative estimate of drug-likeness (QED) is 0.534. The van der Waals surface area contributed by atoms with Crippen molar-refractivity contribution in [1.82, 2.24) is 4.90 Å². The monoisotopic (exact) mass is 115 g/mol. The number of Topliss-reactive ketones (excluding diaryl/α,β-unsaturated/α-hetero) is 1. The number of rotatable bonds is 3. The summed E-state index contributed by atoms with van der Waals surface area (Å²) in [5.41, 5.74) is 0. The maximum Gasteiger partial charge on any atom is 0.146 e. The van der Waals surface area contributed by atoms with Gasteiger partial charge in [0.25, 0.3) is 0 Å². The van der Waals surface area contributed by atoms with Crippen LogP contribution in [0.1, 0.15) is 13.3 Å². The number of hydrogen-bond donors (Lipinski definition) is 0. The molecule has 0 rings (SSSR count). The van der Waals surface area contributed by atoms with Gasteiger partial charge >= 0.3 is 0 Å². The fourth-order valence-electron chi connectivity index (χ4n) is 0.465. The van der Waals surface area contributed by atoms with Crippen molar-refractivity contribution in [2.75, 3.05) is 20.6 Å². The average molecular weight is 115 g/mol. The molecule has 0 unspecified atom stereocenters. The van der Waals surface area contributed by atoms with E-state index in [1.165, 1.54) is 0 Å². The Morgan fingerprint density at radius 2 is 2.00 bits per heavy atom. The predicted molar refractivity (Wildman–Crippen MR) is 33.9 cm³/mol. The highest BCUT2D eigenvalue weighted by Crippen LogP contribution is 1.81. The molecule has 0 heterocycles. The second-order valence-corrected chi connectivity index (χ2v) is 2.13. The SMILES string of the molecule is CCC(=O)CN(C)C. The van der Waals surface area contributed by atoms with Gasteiger partial charge in [0.15, 0.2) is 0 Å². The first-order chi connectivity index (χ1) is 3.66. The minimum Gasteiger partial charge on any atom is -0.302 e. The van der Waals surface area contributed by atoms with Crippen molar-refractivity contribution in [1.29, 1.82) is 0 Å². The first-order valence-electron chi connectivity index (χ1n) is 2.83. The molecule has 2 heteroatoms. The van der Waals surface area contributed by atoms with Gasteiger partial charge in [-0.15, -0.1) is 0 Å². The van der Waals surface area contributed by atoms with Crippen LogP contribution in [0.3, 0.4) is 0 Å². The molecule has 0 saturated carbocycles. The Kier molecular flexibility index (Phi) is 3.44. The third-order valence-corrected chi connectivity index (χ3v) is 0.887. The van der Waals surface area contributed by atoms with E-state index in [9.17, 15) is 4.79 Å². The van der Waals surface area contributed by atoms with Gasteiger partial charge in [0, 0.05) is 6.42 Å². The van der Waals surface area contributed by atoms with Gasteiger partial charge in [-0.05, 0) is 14.1 Å². The van der Waals surface area contributed by atoms with Gasteiger partial charge in [-0.25, -0.2) is 0 Å². The van der Waals surface area contributed by atoms with Gasteiger partial charge in [0.05, 0.1) is 6.54 Å². The lowest BCUT2D eigenvalue weighted by molar-refractivity contribution is -0.119.